The van der Waals surface area contributed by atoms with Crippen LogP contribution in [-0.4, -0.2) is 48.9 Å². The molecule has 1 aliphatic rings. The third-order valence-electron chi connectivity index (χ3n) is 3.17. The van der Waals surface area contributed by atoms with E-state index in [2.05, 4.69) is 14.9 Å². The molecule has 0 amide bonds. The van der Waals surface area contributed by atoms with Gasteiger partial charge in [-0.3, -0.25) is 5.10 Å². The molecule has 1 saturated carbocycles. The maximum Gasteiger partial charge on any atom is 0.340 e. The summed E-state index contributed by atoms with van der Waals surface area (Å²) in [6, 6.07) is -0.347. The molecule has 0 saturated heterocycles. The number of methoxy groups -OCH3 is 1. The molecule has 2 rings (SSSR count). The molecular weight excluding hydrogens is 274 g/mol. The summed E-state index contributed by atoms with van der Waals surface area (Å²) in [6.45, 7) is 0. The smallest absolute Gasteiger partial charge is 0.340 e. The molecule has 1 aromatic heterocycles. The molecule has 0 aliphatic heterocycles. The topological polar surface area (TPSA) is 121 Å². The van der Waals surface area contributed by atoms with Crippen molar-refractivity contribution in [1.82, 2.24) is 14.9 Å². The van der Waals surface area contributed by atoms with Crippen molar-refractivity contribution in [2.24, 2.45) is 0 Å². The van der Waals surface area contributed by atoms with Crippen LogP contribution in [0.4, 0.5) is 0 Å². The van der Waals surface area contributed by atoms with Crippen LogP contribution in [0.5, 0.6) is 0 Å². The SMILES string of the molecule is COC1CCCC1NS(=O)(=O)c1[nH]ncc1C(=O)O. The molecule has 19 heavy (non-hydrogen) atoms. The number of hydrogen-bond donors (Lipinski definition) is 3. The first kappa shape index (κ1) is 14.0. The van der Waals surface area contributed by atoms with Crippen molar-refractivity contribution in [2.75, 3.05) is 7.11 Å². The highest BCUT2D eigenvalue weighted by atomic mass is 32.2. The largest absolute Gasteiger partial charge is 0.478 e. The van der Waals surface area contributed by atoms with Gasteiger partial charge in [0.1, 0.15) is 5.56 Å². The summed E-state index contributed by atoms with van der Waals surface area (Å²) in [5.74, 6) is -1.34. The molecule has 3 N–H and O–H groups in total. The third-order valence-corrected chi connectivity index (χ3v) is 4.63. The van der Waals surface area contributed by atoms with E-state index in [4.69, 9.17) is 9.84 Å². The number of sulfonamides is 1. The number of nitrogens with one attached hydrogen (secondary N) is 2. The van der Waals surface area contributed by atoms with E-state index < -0.39 is 21.0 Å². The lowest BCUT2D eigenvalue weighted by atomic mass is 10.2. The normalized spacial score (nSPS) is 23.6. The van der Waals surface area contributed by atoms with Crippen LogP contribution < -0.4 is 4.72 Å². The van der Waals surface area contributed by atoms with Crippen molar-refractivity contribution in [3.8, 4) is 0 Å². The van der Waals surface area contributed by atoms with Crippen molar-refractivity contribution in [3.63, 3.8) is 0 Å². The lowest BCUT2D eigenvalue weighted by molar-refractivity contribution is 0.0692. The Labute approximate surface area is 110 Å². The van der Waals surface area contributed by atoms with E-state index in [9.17, 15) is 13.2 Å². The number of aromatic carboxylic acids is 1. The van der Waals surface area contributed by atoms with E-state index in [0.29, 0.717) is 6.42 Å². The van der Waals surface area contributed by atoms with Gasteiger partial charge in [-0.1, -0.05) is 0 Å². The lowest BCUT2D eigenvalue weighted by Crippen LogP contribution is -2.41. The van der Waals surface area contributed by atoms with E-state index in [1.54, 1.807) is 0 Å². The minimum absolute atomic E-state index is 0.189. The van der Waals surface area contributed by atoms with Crippen molar-refractivity contribution in [1.29, 1.82) is 0 Å². The zero-order valence-corrected chi connectivity index (χ0v) is 11.1. The standard InChI is InChI=1S/C10H15N3O5S/c1-18-8-4-2-3-7(8)13-19(16,17)9-6(10(14)15)5-11-12-9/h5,7-8,13H,2-4H2,1H3,(H,11,12)(H,14,15). The van der Waals surface area contributed by atoms with E-state index in [1.165, 1.54) is 7.11 Å². The van der Waals surface area contributed by atoms with Crippen LogP contribution in [0.25, 0.3) is 0 Å². The number of aromatic nitrogens is 2. The van der Waals surface area contributed by atoms with Gasteiger partial charge in [0.05, 0.1) is 12.3 Å². The minimum Gasteiger partial charge on any atom is -0.478 e. The van der Waals surface area contributed by atoms with E-state index in [0.717, 1.165) is 19.0 Å². The average molecular weight is 289 g/mol. The molecule has 8 nitrogen and oxygen atoms in total. The summed E-state index contributed by atoms with van der Waals surface area (Å²) in [7, 11) is -2.42. The molecule has 0 aromatic carbocycles. The van der Waals surface area contributed by atoms with Crippen molar-refractivity contribution in [3.05, 3.63) is 11.8 Å². The molecular formula is C10H15N3O5S. The van der Waals surface area contributed by atoms with Gasteiger partial charge in [-0.15, -0.1) is 0 Å². The highest BCUT2D eigenvalue weighted by Crippen LogP contribution is 2.23. The van der Waals surface area contributed by atoms with Crippen LogP contribution >= 0.6 is 0 Å². The molecule has 0 bridgehead atoms. The number of hydrogen-bond acceptors (Lipinski definition) is 5. The number of nitrogens with zero attached hydrogens (tertiary/aromatic N) is 1. The zero-order chi connectivity index (χ0) is 14.0. The van der Waals surface area contributed by atoms with Crippen LogP contribution in [0.3, 0.4) is 0 Å². The Bertz CT molecular complexity index is 567. The summed E-state index contributed by atoms with van der Waals surface area (Å²) < 4.78 is 31.9. The highest BCUT2D eigenvalue weighted by molar-refractivity contribution is 7.89. The molecule has 2 atom stereocenters. The van der Waals surface area contributed by atoms with Crippen molar-refractivity contribution >= 4 is 16.0 Å². The number of carbonyl (C=O) groups is 1. The van der Waals surface area contributed by atoms with Crippen LogP contribution in [0, 0.1) is 0 Å². The number of H-pyrrole nitrogens is 1. The molecule has 2 unspecified atom stereocenters. The molecule has 0 radical (unpaired) electrons. The highest BCUT2D eigenvalue weighted by Gasteiger charge is 2.33. The third kappa shape index (κ3) is 2.77. The zero-order valence-electron chi connectivity index (χ0n) is 10.3. The number of ether oxygens (including phenoxy) is 1. The quantitative estimate of drug-likeness (QED) is 0.699. The Morgan fingerprint density at radius 1 is 1.58 bits per heavy atom. The molecule has 1 fully saturated rings. The van der Waals surface area contributed by atoms with Crippen molar-refractivity contribution < 1.29 is 23.1 Å². The monoisotopic (exact) mass is 289 g/mol. The maximum absolute atomic E-state index is 12.1. The van der Waals surface area contributed by atoms with Gasteiger partial charge in [-0.25, -0.2) is 17.9 Å². The number of aromatic amines is 1. The Hall–Kier alpha value is -1.45. The fourth-order valence-electron chi connectivity index (χ4n) is 2.23. The molecule has 106 valence electrons. The Morgan fingerprint density at radius 2 is 2.32 bits per heavy atom. The number of carboxylic acids is 1. The molecule has 1 aromatic rings. The Balaban J connectivity index is 2.23. The summed E-state index contributed by atoms with van der Waals surface area (Å²) in [5.41, 5.74) is -0.375. The summed E-state index contributed by atoms with van der Waals surface area (Å²) in [6.07, 6.45) is 3.08. The molecule has 9 heteroatoms. The van der Waals surface area contributed by atoms with E-state index >= 15 is 0 Å². The van der Waals surface area contributed by atoms with Gasteiger partial charge in [0, 0.05) is 13.2 Å². The summed E-state index contributed by atoms with van der Waals surface area (Å²) >= 11 is 0. The second kappa shape index (κ2) is 5.27. The van der Waals surface area contributed by atoms with Gasteiger partial charge in [-0.05, 0) is 19.3 Å². The first-order chi connectivity index (χ1) is 8.95. The molecule has 1 heterocycles. The number of carboxylic acid groups (broad SMARTS) is 1. The van der Waals surface area contributed by atoms with E-state index in [-0.39, 0.29) is 17.7 Å². The van der Waals surface area contributed by atoms with Crippen molar-refractivity contribution in [2.45, 2.75) is 36.4 Å². The van der Waals surface area contributed by atoms with Gasteiger partial charge in [0.2, 0.25) is 0 Å². The van der Waals surface area contributed by atoms with Crippen LogP contribution in [0.1, 0.15) is 29.6 Å². The second-order valence-corrected chi connectivity index (χ2v) is 6.00. The van der Waals surface area contributed by atoms with Gasteiger partial charge >= 0.3 is 5.97 Å². The minimum atomic E-state index is -3.95. The van der Waals surface area contributed by atoms with Crippen LogP contribution in [0.15, 0.2) is 11.2 Å². The first-order valence-electron chi connectivity index (χ1n) is 5.77. The summed E-state index contributed by atoms with van der Waals surface area (Å²) in [4.78, 5) is 10.9. The van der Waals surface area contributed by atoms with Gasteiger partial charge in [0.25, 0.3) is 10.0 Å². The maximum atomic E-state index is 12.1. The summed E-state index contributed by atoms with van der Waals surface area (Å²) in [5, 5.41) is 14.2. The second-order valence-electron chi connectivity index (χ2n) is 4.35. The van der Waals surface area contributed by atoms with Crippen LogP contribution in [0.2, 0.25) is 0 Å². The predicted molar refractivity (Wildman–Crippen MR) is 64.3 cm³/mol. The average Bonchev–Trinajstić information content (AvgIpc) is 2.95. The van der Waals surface area contributed by atoms with Gasteiger partial charge < -0.3 is 9.84 Å². The van der Waals surface area contributed by atoms with Gasteiger partial charge in [0.15, 0.2) is 5.03 Å². The first-order valence-corrected chi connectivity index (χ1v) is 7.26. The fraction of sp³-hybridized carbons (Fsp3) is 0.600. The lowest BCUT2D eigenvalue weighted by Gasteiger charge is -2.19. The Kier molecular flexibility index (Phi) is 3.88. The van der Waals surface area contributed by atoms with Gasteiger partial charge in [-0.2, -0.15) is 5.10 Å². The molecule has 1 aliphatic carbocycles. The van der Waals surface area contributed by atoms with Crippen LogP contribution in [-0.2, 0) is 14.8 Å². The predicted octanol–water partition coefficient (Wildman–Crippen LogP) is -0.0463. The fourth-order valence-corrected chi connectivity index (χ4v) is 3.62. The van der Waals surface area contributed by atoms with E-state index in [1.807, 2.05) is 0 Å². The Morgan fingerprint density at radius 3 is 2.95 bits per heavy atom. The molecule has 0 spiro atoms. The number of rotatable bonds is 5.